The van der Waals surface area contributed by atoms with Crippen molar-refractivity contribution < 1.29 is 23.1 Å². The molecule has 0 aliphatic rings. The van der Waals surface area contributed by atoms with E-state index in [0.29, 0.717) is 0 Å². The second kappa shape index (κ2) is 5.16. The van der Waals surface area contributed by atoms with Crippen molar-refractivity contribution in [2.45, 2.75) is 0 Å². The van der Waals surface area contributed by atoms with E-state index in [0.717, 1.165) is 24.3 Å². The number of benzene rings is 1. The van der Waals surface area contributed by atoms with Crippen LogP contribution in [0.2, 0.25) is 0 Å². The Morgan fingerprint density at radius 1 is 1.38 bits per heavy atom. The smallest absolute Gasteiger partial charge is 0.330 e. The van der Waals surface area contributed by atoms with Crippen LogP contribution in [0.1, 0.15) is 15.9 Å². The number of hydrogen-bond acceptors (Lipinski definition) is 3. The van der Waals surface area contributed by atoms with Gasteiger partial charge in [-0.05, 0) is 18.2 Å². The predicted octanol–water partition coefficient (Wildman–Crippen LogP) is 1.96. The molecular formula is C11H8F2O3. The molecule has 0 saturated carbocycles. The number of halogens is 2. The van der Waals surface area contributed by atoms with Crippen molar-refractivity contribution in [3.8, 4) is 0 Å². The molecule has 1 rings (SSSR count). The van der Waals surface area contributed by atoms with Gasteiger partial charge in [-0.3, -0.25) is 4.79 Å². The molecule has 0 saturated heterocycles. The molecule has 16 heavy (non-hydrogen) atoms. The average Bonchev–Trinajstić information content (AvgIpc) is 2.28. The van der Waals surface area contributed by atoms with Gasteiger partial charge in [0.05, 0.1) is 12.7 Å². The number of rotatable bonds is 3. The van der Waals surface area contributed by atoms with E-state index in [9.17, 15) is 18.4 Å². The number of carbonyl (C=O) groups excluding carboxylic acids is 2. The molecule has 1 aromatic rings. The van der Waals surface area contributed by atoms with Gasteiger partial charge < -0.3 is 4.74 Å². The Morgan fingerprint density at radius 2 is 2.06 bits per heavy atom. The lowest BCUT2D eigenvalue weighted by Crippen LogP contribution is -1.97. The fraction of sp³-hybridized carbons (Fsp3) is 0.0909. The molecule has 0 radical (unpaired) electrons. The summed E-state index contributed by atoms with van der Waals surface area (Å²) in [7, 11) is 1.17. The second-order valence-electron chi connectivity index (χ2n) is 2.84. The van der Waals surface area contributed by atoms with Gasteiger partial charge >= 0.3 is 5.97 Å². The van der Waals surface area contributed by atoms with Crippen LogP contribution < -0.4 is 0 Å². The van der Waals surface area contributed by atoms with Gasteiger partial charge in [-0.2, -0.15) is 0 Å². The molecule has 0 spiro atoms. The van der Waals surface area contributed by atoms with Gasteiger partial charge in [0.25, 0.3) is 0 Å². The first-order chi connectivity index (χ1) is 7.60. The molecule has 84 valence electrons. The summed E-state index contributed by atoms with van der Waals surface area (Å²) in [6.45, 7) is 0. The van der Waals surface area contributed by atoms with Crippen molar-refractivity contribution in [3.63, 3.8) is 0 Å². The van der Waals surface area contributed by atoms with Crippen LogP contribution in [0.25, 0.3) is 6.08 Å². The van der Waals surface area contributed by atoms with Crippen molar-refractivity contribution in [3.05, 3.63) is 41.0 Å². The molecular weight excluding hydrogens is 218 g/mol. The minimum atomic E-state index is -1.00. The maximum atomic E-state index is 13.4. The topological polar surface area (TPSA) is 43.4 Å². The highest BCUT2D eigenvalue weighted by Gasteiger charge is 2.11. The minimum absolute atomic E-state index is 0.0612. The third kappa shape index (κ3) is 2.50. The molecule has 0 aliphatic heterocycles. The summed E-state index contributed by atoms with van der Waals surface area (Å²) in [4.78, 5) is 21.1. The van der Waals surface area contributed by atoms with Crippen molar-refractivity contribution >= 4 is 18.3 Å². The molecule has 1 aromatic carbocycles. The molecule has 3 nitrogen and oxygen atoms in total. The van der Waals surface area contributed by atoms with Gasteiger partial charge in [-0.1, -0.05) is 0 Å². The maximum absolute atomic E-state index is 13.4. The molecule has 0 atom stereocenters. The van der Waals surface area contributed by atoms with E-state index in [-0.39, 0.29) is 11.8 Å². The fourth-order valence-electron chi connectivity index (χ4n) is 1.05. The zero-order valence-electron chi connectivity index (χ0n) is 8.37. The SMILES string of the molecule is COC(=O)C=Cc1ccc(F)c(C=O)c1F. The Kier molecular flexibility index (Phi) is 3.88. The van der Waals surface area contributed by atoms with Crippen molar-refractivity contribution in [2.75, 3.05) is 7.11 Å². The van der Waals surface area contributed by atoms with E-state index in [1.807, 2.05) is 0 Å². The lowest BCUT2D eigenvalue weighted by atomic mass is 10.1. The van der Waals surface area contributed by atoms with Crippen LogP contribution in [0.15, 0.2) is 18.2 Å². The standard InChI is InChI=1S/C11H8F2O3/c1-16-10(15)5-3-7-2-4-9(12)8(6-14)11(7)13/h2-6H,1H3. The normalized spacial score (nSPS) is 10.4. The van der Waals surface area contributed by atoms with Gasteiger partial charge in [-0.25, -0.2) is 13.6 Å². The first-order valence-corrected chi connectivity index (χ1v) is 4.29. The number of carbonyl (C=O) groups is 2. The Labute approximate surface area is 90.3 Å². The lowest BCUT2D eigenvalue weighted by molar-refractivity contribution is -0.134. The minimum Gasteiger partial charge on any atom is -0.466 e. The third-order valence-corrected chi connectivity index (χ3v) is 1.87. The van der Waals surface area contributed by atoms with Crippen molar-refractivity contribution in [1.82, 2.24) is 0 Å². The van der Waals surface area contributed by atoms with Gasteiger partial charge in [0, 0.05) is 11.6 Å². The first-order valence-electron chi connectivity index (χ1n) is 4.29. The molecule has 0 bridgehead atoms. The van der Waals surface area contributed by atoms with Crippen LogP contribution in [0.3, 0.4) is 0 Å². The van der Waals surface area contributed by atoms with Gasteiger partial charge in [-0.15, -0.1) is 0 Å². The third-order valence-electron chi connectivity index (χ3n) is 1.87. The van der Waals surface area contributed by atoms with Crippen LogP contribution in [-0.2, 0) is 9.53 Å². The quantitative estimate of drug-likeness (QED) is 0.449. The fourth-order valence-corrected chi connectivity index (χ4v) is 1.05. The van der Waals surface area contributed by atoms with Crippen LogP contribution in [-0.4, -0.2) is 19.4 Å². The van der Waals surface area contributed by atoms with E-state index in [1.54, 1.807) is 0 Å². The summed E-state index contributed by atoms with van der Waals surface area (Å²) < 4.78 is 30.6. The summed E-state index contributed by atoms with van der Waals surface area (Å²) in [6, 6.07) is 2.07. The maximum Gasteiger partial charge on any atom is 0.330 e. The lowest BCUT2D eigenvalue weighted by Gasteiger charge is -2.00. The Bertz CT molecular complexity index is 453. The molecule has 0 aliphatic carbocycles. The van der Waals surface area contributed by atoms with Crippen LogP contribution in [0.4, 0.5) is 8.78 Å². The van der Waals surface area contributed by atoms with Crippen molar-refractivity contribution in [2.24, 2.45) is 0 Å². The van der Waals surface area contributed by atoms with Gasteiger partial charge in [0.2, 0.25) is 0 Å². The van der Waals surface area contributed by atoms with Crippen LogP contribution in [0, 0.1) is 11.6 Å². The Hall–Kier alpha value is -2.04. The number of methoxy groups -OCH3 is 1. The Morgan fingerprint density at radius 3 is 2.62 bits per heavy atom. The monoisotopic (exact) mass is 226 g/mol. The molecule has 0 heterocycles. The summed E-state index contributed by atoms with van der Waals surface area (Å²) in [5.74, 6) is -2.62. The highest BCUT2D eigenvalue weighted by atomic mass is 19.1. The number of esters is 1. The van der Waals surface area contributed by atoms with E-state index in [2.05, 4.69) is 4.74 Å². The summed E-state index contributed by atoms with van der Waals surface area (Å²) in [6.07, 6.45) is 2.17. The second-order valence-corrected chi connectivity index (χ2v) is 2.84. The largest absolute Gasteiger partial charge is 0.466 e. The molecule has 0 N–H and O–H groups in total. The number of hydrogen-bond donors (Lipinski definition) is 0. The van der Waals surface area contributed by atoms with E-state index in [4.69, 9.17) is 0 Å². The first kappa shape index (κ1) is 12.0. The highest BCUT2D eigenvalue weighted by molar-refractivity contribution is 5.87. The number of aldehydes is 1. The molecule has 0 fully saturated rings. The average molecular weight is 226 g/mol. The zero-order chi connectivity index (χ0) is 12.1. The molecule has 0 aromatic heterocycles. The number of ether oxygens (including phenoxy) is 1. The Balaban J connectivity index is 3.12. The van der Waals surface area contributed by atoms with E-state index < -0.39 is 23.2 Å². The summed E-state index contributed by atoms with van der Waals surface area (Å²) >= 11 is 0. The van der Waals surface area contributed by atoms with Crippen LogP contribution >= 0.6 is 0 Å². The van der Waals surface area contributed by atoms with Gasteiger partial charge in [0.15, 0.2) is 6.29 Å². The molecule has 0 unspecified atom stereocenters. The predicted molar refractivity (Wildman–Crippen MR) is 52.8 cm³/mol. The summed E-state index contributed by atoms with van der Waals surface area (Å²) in [5.41, 5.74) is -0.721. The summed E-state index contributed by atoms with van der Waals surface area (Å²) in [5, 5.41) is 0. The molecule has 0 amide bonds. The highest BCUT2D eigenvalue weighted by Crippen LogP contribution is 2.16. The van der Waals surface area contributed by atoms with Gasteiger partial charge in [0.1, 0.15) is 11.6 Å². The van der Waals surface area contributed by atoms with E-state index >= 15 is 0 Å². The van der Waals surface area contributed by atoms with Crippen molar-refractivity contribution in [1.29, 1.82) is 0 Å². The van der Waals surface area contributed by atoms with E-state index in [1.165, 1.54) is 7.11 Å². The van der Waals surface area contributed by atoms with Crippen LogP contribution in [0.5, 0.6) is 0 Å². The molecule has 5 heteroatoms. The zero-order valence-corrected chi connectivity index (χ0v) is 8.37.